The van der Waals surface area contributed by atoms with Crippen LogP contribution >= 0.6 is 11.6 Å². The average molecular weight is 188 g/mol. The minimum absolute atomic E-state index is 0.627. The third-order valence-electron chi connectivity index (χ3n) is 1.96. The Hall–Kier alpha value is -0.310. The van der Waals surface area contributed by atoms with Crippen LogP contribution in [0.4, 0.5) is 0 Å². The lowest BCUT2D eigenvalue weighted by molar-refractivity contribution is 0.106. The molecule has 3 heteroatoms. The second kappa shape index (κ2) is 4.08. The zero-order valence-corrected chi connectivity index (χ0v) is 7.97. The van der Waals surface area contributed by atoms with E-state index in [4.69, 9.17) is 22.1 Å². The minimum Gasteiger partial charge on any atom is -0.359 e. The van der Waals surface area contributed by atoms with Crippen molar-refractivity contribution in [3.8, 4) is 0 Å². The SMILES string of the molecule is COC1(Cl)C=CC(CCN)=CC1. The maximum absolute atomic E-state index is 6.04. The summed E-state index contributed by atoms with van der Waals surface area (Å²) in [6.07, 6.45) is 7.56. The van der Waals surface area contributed by atoms with Crippen LogP contribution in [0.15, 0.2) is 23.8 Å². The normalized spacial score (nSPS) is 28.8. The quantitative estimate of drug-likeness (QED) is 0.684. The van der Waals surface area contributed by atoms with Crippen molar-refractivity contribution in [3.05, 3.63) is 23.8 Å². The number of allylic oxidation sites excluding steroid dienone is 1. The molecule has 0 aromatic carbocycles. The summed E-state index contributed by atoms with van der Waals surface area (Å²) in [5.74, 6) is 0. The molecule has 1 aliphatic carbocycles. The second-order valence-electron chi connectivity index (χ2n) is 2.85. The summed E-state index contributed by atoms with van der Waals surface area (Å²) in [7, 11) is 1.61. The summed E-state index contributed by atoms with van der Waals surface area (Å²) in [5.41, 5.74) is 6.66. The number of ether oxygens (including phenoxy) is 1. The summed E-state index contributed by atoms with van der Waals surface area (Å²) in [5, 5.41) is -0.627. The van der Waals surface area contributed by atoms with E-state index in [-0.39, 0.29) is 0 Å². The predicted molar refractivity (Wildman–Crippen MR) is 51.1 cm³/mol. The first kappa shape index (κ1) is 9.78. The van der Waals surface area contributed by atoms with Crippen molar-refractivity contribution in [3.63, 3.8) is 0 Å². The monoisotopic (exact) mass is 187 g/mol. The van der Waals surface area contributed by atoms with Gasteiger partial charge in [0.15, 0.2) is 5.06 Å². The lowest BCUT2D eigenvalue weighted by Gasteiger charge is -2.23. The fourth-order valence-electron chi connectivity index (χ4n) is 1.14. The Morgan fingerprint density at radius 3 is 2.92 bits per heavy atom. The molecule has 12 heavy (non-hydrogen) atoms. The van der Waals surface area contributed by atoms with Gasteiger partial charge < -0.3 is 10.5 Å². The first-order chi connectivity index (χ1) is 5.70. The molecule has 1 rings (SSSR count). The molecule has 0 aliphatic heterocycles. The molecule has 1 atom stereocenters. The molecule has 0 saturated carbocycles. The maximum atomic E-state index is 6.04. The van der Waals surface area contributed by atoms with Crippen molar-refractivity contribution in [2.45, 2.75) is 17.9 Å². The van der Waals surface area contributed by atoms with Gasteiger partial charge in [-0.3, -0.25) is 0 Å². The molecule has 0 aromatic heterocycles. The van der Waals surface area contributed by atoms with Gasteiger partial charge in [0.05, 0.1) is 0 Å². The van der Waals surface area contributed by atoms with E-state index in [1.165, 1.54) is 5.57 Å². The highest BCUT2D eigenvalue weighted by Crippen LogP contribution is 2.28. The van der Waals surface area contributed by atoms with Crippen LogP contribution < -0.4 is 5.73 Å². The zero-order chi connectivity index (χ0) is 9.03. The second-order valence-corrected chi connectivity index (χ2v) is 3.49. The molecule has 0 radical (unpaired) electrons. The van der Waals surface area contributed by atoms with Gasteiger partial charge in [0, 0.05) is 13.5 Å². The van der Waals surface area contributed by atoms with Crippen molar-refractivity contribution in [1.82, 2.24) is 0 Å². The predicted octanol–water partition coefficient (Wildman–Crippen LogP) is 1.80. The van der Waals surface area contributed by atoms with Crippen molar-refractivity contribution < 1.29 is 4.74 Å². The van der Waals surface area contributed by atoms with E-state index in [0.29, 0.717) is 6.54 Å². The Morgan fingerprint density at radius 2 is 2.50 bits per heavy atom. The molecule has 1 unspecified atom stereocenters. The molecule has 2 N–H and O–H groups in total. The summed E-state index contributed by atoms with van der Waals surface area (Å²) in [4.78, 5) is 0. The van der Waals surface area contributed by atoms with Gasteiger partial charge in [-0.05, 0) is 19.0 Å². The Morgan fingerprint density at radius 1 is 1.75 bits per heavy atom. The standard InChI is InChI=1S/C9H14ClNO/c1-12-9(10)5-2-8(3-6-9)4-7-11/h2-3,5H,4,6-7,11H2,1H3. The van der Waals surface area contributed by atoms with Crippen molar-refractivity contribution in [2.24, 2.45) is 5.73 Å². The Bertz CT molecular complexity index is 213. The molecule has 2 nitrogen and oxygen atoms in total. The highest BCUT2D eigenvalue weighted by atomic mass is 35.5. The van der Waals surface area contributed by atoms with Gasteiger partial charge in [-0.25, -0.2) is 0 Å². The van der Waals surface area contributed by atoms with E-state index in [1.54, 1.807) is 7.11 Å². The molecule has 0 fully saturated rings. The van der Waals surface area contributed by atoms with E-state index < -0.39 is 5.06 Å². The van der Waals surface area contributed by atoms with E-state index in [1.807, 2.05) is 12.2 Å². The van der Waals surface area contributed by atoms with Gasteiger partial charge in [-0.2, -0.15) is 0 Å². The lowest BCUT2D eigenvalue weighted by atomic mass is 10.0. The summed E-state index contributed by atoms with van der Waals surface area (Å²) in [6.45, 7) is 0.679. The number of hydrogen-bond donors (Lipinski definition) is 1. The molecular formula is C9H14ClNO. The van der Waals surface area contributed by atoms with Crippen LogP contribution in [-0.2, 0) is 4.74 Å². The van der Waals surface area contributed by atoms with Crippen molar-refractivity contribution >= 4 is 11.6 Å². The van der Waals surface area contributed by atoms with Crippen LogP contribution in [0.2, 0.25) is 0 Å². The minimum atomic E-state index is -0.627. The largest absolute Gasteiger partial charge is 0.359 e. The van der Waals surface area contributed by atoms with Crippen LogP contribution in [0.3, 0.4) is 0 Å². The number of hydrogen-bond acceptors (Lipinski definition) is 2. The van der Waals surface area contributed by atoms with Crippen molar-refractivity contribution in [2.75, 3.05) is 13.7 Å². The van der Waals surface area contributed by atoms with Gasteiger partial charge in [0.2, 0.25) is 0 Å². The highest BCUT2D eigenvalue weighted by Gasteiger charge is 2.23. The summed E-state index contributed by atoms with van der Waals surface area (Å²) < 4.78 is 5.11. The third kappa shape index (κ3) is 2.34. The molecule has 0 saturated heterocycles. The highest BCUT2D eigenvalue weighted by molar-refractivity contribution is 6.24. The first-order valence-corrected chi connectivity index (χ1v) is 4.40. The first-order valence-electron chi connectivity index (χ1n) is 4.02. The Balaban J connectivity index is 2.55. The lowest BCUT2D eigenvalue weighted by Crippen LogP contribution is -2.22. The molecule has 0 aromatic rings. The number of nitrogens with two attached hydrogens (primary N) is 1. The zero-order valence-electron chi connectivity index (χ0n) is 7.22. The van der Waals surface area contributed by atoms with Crippen LogP contribution in [0.1, 0.15) is 12.8 Å². The van der Waals surface area contributed by atoms with Gasteiger partial charge in [0.1, 0.15) is 0 Å². The van der Waals surface area contributed by atoms with Crippen LogP contribution in [0.25, 0.3) is 0 Å². The van der Waals surface area contributed by atoms with Gasteiger partial charge in [0.25, 0.3) is 0 Å². The molecule has 1 aliphatic rings. The molecule has 0 bridgehead atoms. The van der Waals surface area contributed by atoms with Gasteiger partial charge in [-0.1, -0.05) is 29.3 Å². The van der Waals surface area contributed by atoms with Gasteiger partial charge >= 0.3 is 0 Å². The number of methoxy groups -OCH3 is 1. The molecular weight excluding hydrogens is 174 g/mol. The summed E-state index contributed by atoms with van der Waals surface area (Å²) >= 11 is 6.04. The van der Waals surface area contributed by atoms with Crippen molar-refractivity contribution in [1.29, 1.82) is 0 Å². The Labute approximate surface area is 78.0 Å². The third-order valence-corrected chi connectivity index (χ3v) is 2.40. The molecule has 68 valence electrons. The number of alkyl halides is 1. The fraction of sp³-hybridized carbons (Fsp3) is 0.556. The molecule has 0 amide bonds. The van der Waals surface area contributed by atoms with Crippen LogP contribution in [0.5, 0.6) is 0 Å². The molecule has 0 spiro atoms. The average Bonchev–Trinajstić information content (AvgIpc) is 2.10. The molecule has 0 heterocycles. The van der Waals surface area contributed by atoms with Crippen LogP contribution in [0, 0.1) is 0 Å². The van der Waals surface area contributed by atoms with E-state index in [9.17, 15) is 0 Å². The fourth-order valence-corrected chi connectivity index (χ4v) is 1.28. The Kier molecular flexibility index (Phi) is 3.32. The smallest absolute Gasteiger partial charge is 0.163 e. The van der Waals surface area contributed by atoms with Crippen LogP contribution in [-0.4, -0.2) is 18.7 Å². The topological polar surface area (TPSA) is 35.2 Å². The van der Waals surface area contributed by atoms with Gasteiger partial charge in [-0.15, -0.1) is 0 Å². The van der Waals surface area contributed by atoms with E-state index in [0.717, 1.165) is 12.8 Å². The summed E-state index contributed by atoms with van der Waals surface area (Å²) in [6, 6.07) is 0. The van der Waals surface area contributed by atoms with E-state index in [2.05, 4.69) is 6.08 Å². The number of rotatable bonds is 3. The maximum Gasteiger partial charge on any atom is 0.163 e. The number of halogens is 1. The van der Waals surface area contributed by atoms with E-state index >= 15 is 0 Å².